The molecule has 0 rings (SSSR count). The summed E-state index contributed by atoms with van der Waals surface area (Å²) >= 11 is 3.44. The van der Waals surface area contributed by atoms with E-state index in [1.54, 1.807) is 0 Å². The Labute approximate surface area is 84.9 Å². The first-order valence-electron chi connectivity index (χ1n) is 4.45. The molecule has 0 saturated heterocycles. The number of allylic oxidation sites excluding steroid dienone is 4. The Morgan fingerprint density at radius 1 is 1.33 bits per heavy atom. The highest BCUT2D eigenvalue weighted by atomic mass is 79.9. The van der Waals surface area contributed by atoms with Crippen molar-refractivity contribution in [3.05, 3.63) is 23.3 Å². The normalized spacial score (nSPS) is 16.4. The number of halogens is 1. The van der Waals surface area contributed by atoms with Crippen LogP contribution in [0.4, 0.5) is 0 Å². The summed E-state index contributed by atoms with van der Waals surface area (Å²) in [5.74, 6) is 0.666. The van der Waals surface area contributed by atoms with E-state index in [9.17, 15) is 0 Å². The van der Waals surface area contributed by atoms with Gasteiger partial charge in [-0.05, 0) is 33.1 Å². The highest BCUT2D eigenvalue weighted by Crippen LogP contribution is 2.14. The van der Waals surface area contributed by atoms with Gasteiger partial charge in [-0.3, -0.25) is 0 Å². The van der Waals surface area contributed by atoms with Crippen LogP contribution in [0.3, 0.4) is 0 Å². The molecule has 1 heteroatoms. The van der Waals surface area contributed by atoms with Crippen LogP contribution in [0.2, 0.25) is 0 Å². The van der Waals surface area contributed by atoms with Gasteiger partial charge in [0.05, 0.1) is 0 Å². The van der Waals surface area contributed by atoms with Crippen molar-refractivity contribution in [1.29, 1.82) is 0 Å². The standard InChI is InChI=1S/C11H19Br/c1-5-9(2)6-10(3)7-11(4)8-12/h5,7,10H,6,8H2,1-4H3/b9-5+,11-7-. The highest BCUT2D eigenvalue weighted by molar-refractivity contribution is 9.09. The van der Waals surface area contributed by atoms with Crippen molar-refractivity contribution < 1.29 is 0 Å². The molecule has 0 aliphatic heterocycles. The smallest absolute Gasteiger partial charge is 0.0239 e. The molecule has 12 heavy (non-hydrogen) atoms. The molecule has 0 N–H and O–H groups in total. The summed E-state index contributed by atoms with van der Waals surface area (Å²) in [7, 11) is 0. The molecule has 1 atom stereocenters. The van der Waals surface area contributed by atoms with E-state index in [0.717, 1.165) is 5.33 Å². The maximum Gasteiger partial charge on any atom is 0.0239 e. The lowest BCUT2D eigenvalue weighted by atomic mass is 10.0. The molecule has 0 heterocycles. The van der Waals surface area contributed by atoms with Crippen molar-refractivity contribution in [3.63, 3.8) is 0 Å². The summed E-state index contributed by atoms with van der Waals surface area (Å²) in [4.78, 5) is 0. The summed E-state index contributed by atoms with van der Waals surface area (Å²) < 4.78 is 0. The fourth-order valence-corrected chi connectivity index (χ4v) is 1.40. The van der Waals surface area contributed by atoms with Crippen molar-refractivity contribution in [2.24, 2.45) is 5.92 Å². The second-order valence-electron chi connectivity index (χ2n) is 3.46. The maximum atomic E-state index is 3.44. The van der Waals surface area contributed by atoms with E-state index in [2.05, 4.69) is 55.8 Å². The third-order valence-electron chi connectivity index (χ3n) is 1.92. The van der Waals surface area contributed by atoms with E-state index < -0.39 is 0 Å². The lowest BCUT2D eigenvalue weighted by Gasteiger charge is -2.07. The Balaban J connectivity index is 3.97. The monoisotopic (exact) mass is 230 g/mol. The van der Waals surface area contributed by atoms with Gasteiger partial charge in [-0.2, -0.15) is 0 Å². The first-order valence-corrected chi connectivity index (χ1v) is 5.57. The number of hydrogen-bond donors (Lipinski definition) is 0. The summed E-state index contributed by atoms with van der Waals surface area (Å²) in [6.45, 7) is 8.71. The minimum Gasteiger partial charge on any atom is -0.0887 e. The molecule has 0 nitrogen and oxygen atoms in total. The number of hydrogen-bond acceptors (Lipinski definition) is 0. The summed E-state index contributed by atoms with van der Waals surface area (Å²) in [6.07, 6.45) is 5.70. The van der Waals surface area contributed by atoms with Gasteiger partial charge in [-0.25, -0.2) is 0 Å². The van der Waals surface area contributed by atoms with Crippen molar-refractivity contribution >= 4 is 15.9 Å². The average Bonchev–Trinajstić information content (AvgIpc) is 2.03. The maximum absolute atomic E-state index is 3.44. The molecule has 0 amide bonds. The molecule has 0 radical (unpaired) electrons. The van der Waals surface area contributed by atoms with E-state index in [1.165, 1.54) is 17.6 Å². The van der Waals surface area contributed by atoms with Gasteiger partial charge in [0.25, 0.3) is 0 Å². The van der Waals surface area contributed by atoms with Gasteiger partial charge in [0.15, 0.2) is 0 Å². The Bertz CT molecular complexity index is 177. The fraction of sp³-hybridized carbons (Fsp3) is 0.636. The van der Waals surface area contributed by atoms with Crippen LogP contribution in [0.15, 0.2) is 23.3 Å². The Kier molecular flexibility index (Phi) is 6.45. The minimum absolute atomic E-state index is 0.666. The zero-order valence-electron chi connectivity index (χ0n) is 8.52. The Hall–Kier alpha value is -0.0400. The minimum atomic E-state index is 0.666. The van der Waals surface area contributed by atoms with E-state index in [-0.39, 0.29) is 0 Å². The van der Waals surface area contributed by atoms with Gasteiger partial charge in [0.2, 0.25) is 0 Å². The van der Waals surface area contributed by atoms with Gasteiger partial charge in [0.1, 0.15) is 0 Å². The largest absolute Gasteiger partial charge is 0.0887 e. The van der Waals surface area contributed by atoms with Crippen molar-refractivity contribution in [2.45, 2.75) is 34.1 Å². The molecule has 0 saturated carbocycles. The second-order valence-corrected chi connectivity index (χ2v) is 4.02. The first kappa shape index (κ1) is 12.0. The number of alkyl halides is 1. The van der Waals surface area contributed by atoms with Crippen LogP contribution >= 0.6 is 15.9 Å². The molecule has 0 aliphatic carbocycles. The lowest BCUT2D eigenvalue weighted by molar-refractivity contribution is 0.710. The van der Waals surface area contributed by atoms with Gasteiger partial charge in [0, 0.05) is 5.33 Å². The molecule has 0 fully saturated rings. The molecule has 70 valence electrons. The molecular weight excluding hydrogens is 212 g/mol. The average molecular weight is 231 g/mol. The summed E-state index contributed by atoms with van der Waals surface area (Å²) in [6, 6.07) is 0. The number of rotatable bonds is 4. The molecule has 1 unspecified atom stereocenters. The highest BCUT2D eigenvalue weighted by Gasteiger charge is 1.98. The van der Waals surface area contributed by atoms with Crippen LogP contribution in [0.25, 0.3) is 0 Å². The van der Waals surface area contributed by atoms with E-state index in [1.807, 2.05) is 0 Å². The van der Waals surface area contributed by atoms with Crippen LogP contribution in [0.5, 0.6) is 0 Å². The summed E-state index contributed by atoms with van der Waals surface area (Å²) in [5.41, 5.74) is 2.90. The fourth-order valence-electron chi connectivity index (χ4n) is 1.21. The molecule has 0 aromatic rings. The predicted octanol–water partition coefficient (Wildman–Crippen LogP) is 4.32. The predicted molar refractivity (Wildman–Crippen MR) is 60.8 cm³/mol. The lowest BCUT2D eigenvalue weighted by Crippen LogP contribution is -1.92. The van der Waals surface area contributed by atoms with E-state index in [4.69, 9.17) is 0 Å². The summed E-state index contributed by atoms with van der Waals surface area (Å²) in [5, 5.41) is 0.992. The van der Waals surface area contributed by atoms with Gasteiger partial charge >= 0.3 is 0 Å². The first-order chi connectivity index (χ1) is 5.60. The van der Waals surface area contributed by atoms with Crippen LogP contribution in [-0.4, -0.2) is 5.33 Å². The molecule has 0 aromatic heterocycles. The molecule has 0 aliphatic rings. The topological polar surface area (TPSA) is 0 Å². The molecule has 0 bridgehead atoms. The van der Waals surface area contributed by atoms with Crippen molar-refractivity contribution in [3.8, 4) is 0 Å². The van der Waals surface area contributed by atoms with E-state index >= 15 is 0 Å². The van der Waals surface area contributed by atoms with Gasteiger partial charge < -0.3 is 0 Å². The quantitative estimate of drug-likeness (QED) is 0.499. The molecule has 0 aromatic carbocycles. The van der Waals surface area contributed by atoms with Crippen LogP contribution in [-0.2, 0) is 0 Å². The van der Waals surface area contributed by atoms with E-state index in [0.29, 0.717) is 5.92 Å². The second kappa shape index (κ2) is 6.47. The van der Waals surface area contributed by atoms with Crippen LogP contribution in [0, 0.1) is 5.92 Å². The third-order valence-corrected chi connectivity index (χ3v) is 2.80. The Morgan fingerprint density at radius 3 is 2.33 bits per heavy atom. The van der Waals surface area contributed by atoms with Gasteiger partial charge in [-0.15, -0.1) is 0 Å². The van der Waals surface area contributed by atoms with Crippen molar-refractivity contribution in [1.82, 2.24) is 0 Å². The SMILES string of the molecule is C/C=C(\C)CC(C)/C=C(/C)CBr. The third kappa shape index (κ3) is 5.59. The molecular formula is C11H19Br. The zero-order chi connectivity index (χ0) is 9.56. The Morgan fingerprint density at radius 2 is 1.92 bits per heavy atom. The molecule has 0 spiro atoms. The van der Waals surface area contributed by atoms with Crippen LogP contribution < -0.4 is 0 Å². The van der Waals surface area contributed by atoms with Crippen molar-refractivity contribution in [2.75, 3.05) is 5.33 Å². The zero-order valence-corrected chi connectivity index (χ0v) is 10.1. The van der Waals surface area contributed by atoms with Gasteiger partial charge in [-0.1, -0.05) is 46.2 Å². The van der Waals surface area contributed by atoms with Crippen LogP contribution in [0.1, 0.15) is 34.1 Å².